The largest absolute Gasteiger partial charge is 0.507 e. The molecule has 4 heteroatoms. The summed E-state index contributed by atoms with van der Waals surface area (Å²) in [6.07, 6.45) is 2.12. The topological polar surface area (TPSA) is 64.5 Å². The SMILES string of the molecule is CCCNCc1ccc2c(O)c(CNCCC)ccc2c1O. The number of phenolic OH excluding ortho intramolecular Hbond substituents is 2. The van der Waals surface area contributed by atoms with Crippen molar-refractivity contribution in [3.63, 3.8) is 0 Å². The molecule has 0 aliphatic rings. The molecule has 4 nitrogen and oxygen atoms in total. The Balaban J connectivity index is 2.26. The Morgan fingerprint density at radius 1 is 0.727 bits per heavy atom. The molecule has 0 amide bonds. The molecule has 2 rings (SSSR count). The highest BCUT2D eigenvalue weighted by molar-refractivity contribution is 5.94. The molecule has 0 aliphatic heterocycles. The van der Waals surface area contributed by atoms with Gasteiger partial charge in [0.15, 0.2) is 0 Å². The van der Waals surface area contributed by atoms with Crippen LogP contribution in [0, 0.1) is 0 Å². The summed E-state index contributed by atoms with van der Waals surface area (Å²) < 4.78 is 0. The average Bonchev–Trinajstić information content (AvgIpc) is 2.52. The van der Waals surface area contributed by atoms with E-state index in [1.54, 1.807) is 0 Å². The van der Waals surface area contributed by atoms with E-state index in [0.717, 1.165) is 37.1 Å². The maximum Gasteiger partial charge on any atom is 0.128 e. The van der Waals surface area contributed by atoms with Gasteiger partial charge in [-0.05, 0) is 25.9 Å². The quantitative estimate of drug-likeness (QED) is 0.565. The van der Waals surface area contributed by atoms with Crippen LogP contribution in [0.1, 0.15) is 37.8 Å². The summed E-state index contributed by atoms with van der Waals surface area (Å²) in [6, 6.07) is 7.53. The van der Waals surface area contributed by atoms with E-state index in [0.29, 0.717) is 23.9 Å². The first-order valence-electron chi connectivity index (χ1n) is 8.05. The lowest BCUT2D eigenvalue weighted by Crippen LogP contribution is -2.14. The van der Waals surface area contributed by atoms with E-state index < -0.39 is 0 Å². The van der Waals surface area contributed by atoms with Crippen LogP contribution in [0.15, 0.2) is 24.3 Å². The molecule has 0 bridgehead atoms. The van der Waals surface area contributed by atoms with Crippen molar-refractivity contribution in [2.24, 2.45) is 0 Å². The van der Waals surface area contributed by atoms with Gasteiger partial charge in [0.05, 0.1) is 0 Å². The summed E-state index contributed by atoms with van der Waals surface area (Å²) in [5.41, 5.74) is 1.72. The molecule has 0 saturated carbocycles. The predicted molar refractivity (Wildman–Crippen MR) is 91.3 cm³/mol. The van der Waals surface area contributed by atoms with E-state index in [-0.39, 0.29) is 11.5 Å². The standard InChI is InChI=1S/C18H26N2O2/c1-3-9-19-11-13-5-7-16-15(17(13)21)8-6-14(18(16)22)12-20-10-4-2/h5-8,19-22H,3-4,9-12H2,1-2H3. The van der Waals surface area contributed by atoms with Crippen LogP contribution >= 0.6 is 0 Å². The number of rotatable bonds is 8. The normalized spacial score (nSPS) is 11.2. The van der Waals surface area contributed by atoms with Crippen molar-refractivity contribution in [3.8, 4) is 11.5 Å². The lowest BCUT2D eigenvalue weighted by molar-refractivity contribution is 0.464. The summed E-state index contributed by atoms with van der Waals surface area (Å²) in [6.45, 7) is 7.33. The summed E-state index contributed by atoms with van der Waals surface area (Å²) in [4.78, 5) is 0. The molecule has 0 aromatic heterocycles. The molecule has 22 heavy (non-hydrogen) atoms. The molecule has 0 aliphatic carbocycles. The van der Waals surface area contributed by atoms with Gasteiger partial charge in [-0.3, -0.25) is 0 Å². The first-order valence-corrected chi connectivity index (χ1v) is 8.05. The Labute approximate surface area is 132 Å². The summed E-state index contributed by atoms with van der Waals surface area (Å²) >= 11 is 0. The lowest BCUT2D eigenvalue weighted by atomic mass is 10.0. The van der Waals surface area contributed by atoms with Gasteiger partial charge in [-0.1, -0.05) is 38.1 Å². The van der Waals surface area contributed by atoms with Crippen LogP contribution in [-0.2, 0) is 13.1 Å². The highest BCUT2D eigenvalue weighted by atomic mass is 16.3. The van der Waals surface area contributed by atoms with Gasteiger partial charge in [-0.25, -0.2) is 0 Å². The van der Waals surface area contributed by atoms with Gasteiger partial charge in [0.25, 0.3) is 0 Å². The maximum absolute atomic E-state index is 10.4. The first kappa shape index (κ1) is 16.6. The number of hydrogen-bond donors (Lipinski definition) is 4. The molecule has 0 saturated heterocycles. The Bertz CT molecular complexity index is 571. The van der Waals surface area contributed by atoms with Gasteiger partial charge in [-0.2, -0.15) is 0 Å². The summed E-state index contributed by atoms with van der Waals surface area (Å²) in [5.74, 6) is 0.508. The maximum atomic E-state index is 10.4. The fraction of sp³-hybridized carbons (Fsp3) is 0.444. The Morgan fingerprint density at radius 3 is 1.50 bits per heavy atom. The molecule has 0 fully saturated rings. The third-order valence-corrected chi connectivity index (χ3v) is 3.80. The van der Waals surface area contributed by atoms with Crippen LogP contribution in [0.2, 0.25) is 0 Å². The van der Waals surface area contributed by atoms with Crippen LogP contribution < -0.4 is 10.6 Å². The molecule has 0 atom stereocenters. The smallest absolute Gasteiger partial charge is 0.128 e. The zero-order chi connectivity index (χ0) is 15.9. The third kappa shape index (κ3) is 3.70. The summed E-state index contributed by atoms with van der Waals surface area (Å²) in [5, 5.41) is 28.8. The molecular weight excluding hydrogens is 276 g/mol. The molecule has 2 aromatic carbocycles. The Morgan fingerprint density at radius 2 is 1.14 bits per heavy atom. The van der Waals surface area contributed by atoms with Crippen molar-refractivity contribution in [2.45, 2.75) is 39.8 Å². The van der Waals surface area contributed by atoms with Gasteiger partial charge in [0.1, 0.15) is 11.5 Å². The average molecular weight is 302 g/mol. The first-order chi connectivity index (χ1) is 10.7. The molecular formula is C18H26N2O2. The lowest BCUT2D eigenvalue weighted by Gasteiger charge is -2.13. The molecule has 2 aromatic rings. The second kappa shape index (κ2) is 8.01. The minimum absolute atomic E-state index is 0.254. The summed E-state index contributed by atoms with van der Waals surface area (Å²) in [7, 11) is 0. The Hall–Kier alpha value is -1.78. The van der Waals surface area contributed by atoms with Crippen LogP contribution in [0.5, 0.6) is 11.5 Å². The highest BCUT2D eigenvalue weighted by Gasteiger charge is 2.11. The molecule has 0 unspecified atom stereocenters. The van der Waals surface area contributed by atoms with Gasteiger partial charge >= 0.3 is 0 Å². The monoisotopic (exact) mass is 302 g/mol. The van der Waals surface area contributed by atoms with Crippen LogP contribution in [0.4, 0.5) is 0 Å². The molecule has 120 valence electrons. The van der Waals surface area contributed by atoms with E-state index in [4.69, 9.17) is 0 Å². The second-order valence-electron chi connectivity index (χ2n) is 5.60. The van der Waals surface area contributed by atoms with Crippen molar-refractivity contribution in [3.05, 3.63) is 35.4 Å². The van der Waals surface area contributed by atoms with E-state index in [1.165, 1.54) is 0 Å². The minimum atomic E-state index is 0.254. The van der Waals surface area contributed by atoms with Gasteiger partial charge < -0.3 is 20.8 Å². The van der Waals surface area contributed by atoms with E-state index in [2.05, 4.69) is 24.5 Å². The number of aromatic hydroxyl groups is 2. The van der Waals surface area contributed by atoms with Crippen LogP contribution in [0.3, 0.4) is 0 Å². The fourth-order valence-corrected chi connectivity index (χ4v) is 2.55. The zero-order valence-corrected chi connectivity index (χ0v) is 13.4. The molecule has 0 heterocycles. The number of nitrogens with one attached hydrogen (secondary N) is 2. The van der Waals surface area contributed by atoms with Crippen molar-refractivity contribution in [2.75, 3.05) is 13.1 Å². The third-order valence-electron chi connectivity index (χ3n) is 3.80. The molecule has 4 N–H and O–H groups in total. The fourth-order valence-electron chi connectivity index (χ4n) is 2.55. The van der Waals surface area contributed by atoms with E-state index >= 15 is 0 Å². The van der Waals surface area contributed by atoms with Gasteiger partial charge in [0.2, 0.25) is 0 Å². The second-order valence-corrected chi connectivity index (χ2v) is 5.60. The van der Waals surface area contributed by atoms with Crippen molar-refractivity contribution in [1.82, 2.24) is 10.6 Å². The number of phenols is 2. The van der Waals surface area contributed by atoms with Crippen LogP contribution in [0.25, 0.3) is 10.8 Å². The zero-order valence-electron chi connectivity index (χ0n) is 13.4. The van der Waals surface area contributed by atoms with Crippen LogP contribution in [-0.4, -0.2) is 23.3 Å². The number of fused-ring (bicyclic) bond motifs is 1. The molecule has 0 spiro atoms. The minimum Gasteiger partial charge on any atom is -0.507 e. The highest BCUT2D eigenvalue weighted by Crippen LogP contribution is 2.35. The van der Waals surface area contributed by atoms with E-state index in [9.17, 15) is 10.2 Å². The predicted octanol–water partition coefficient (Wildman–Crippen LogP) is 3.25. The number of hydrogen-bond acceptors (Lipinski definition) is 4. The van der Waals surface area contributed by atoms with Gasteiger partial charge in [-0.15, -0.1) is 0 Å². The van der Waals surface area contributed by atoms with Crippen molar-refractivity contribution in [1.29, 1.82) is 0 Å². The molecule has 0 radical (unpaired) electrons. The van der Waals surface area contributed by atoms with Crippen molar-refractivity contribution >= 4 is 10.8 Å². The van der Waals surface area contributed by atoms with Crippen molar-refractivity contribution < 1.29 is 10.2 Å². The Kier molecular flexibility index (Phi) is 6.04. The van der Waals surface area contributed by atoms with Gasteiger partial charge in [0, 0.05) is 35.0 Å². The van der Waals surface area contributed by atoms with E-state index in [1.807, 2.05) is 24.3 Å². The number of benzene rings is 2.